The summed E-state index contributed by atoms with van der Waals surface area (Å²) in [5.74, 6) is 5.60. The van der Waals surface area contributed by atoms with Crippen molar-refractivity contribution in [2.75, 3.05) is 12.0 Å². The zero-order chi connectivity index (χ0) is 12.3. The number of amides is 1. The van der Waals surface area contributed by atoms with Crippen molar-refractivity contribution in [2.24, 2.45) is 5.84 Å². The van der Waals surface area contributed by atoms with Gasteiger partial charge >= 0.3 is 0 Å². The van der Waals surface area contributed by atoms with E-state index < -0.39 is 0 Å². The van der Waals surface area contributed by atoms with E-state index in [0.717, 1.165) is 25.8 Å². The Labute approximate surface area is 100 Å². The van der Waals surface area contributed by atoms with Crippen molar-refractivity contribution in [1.82, 2.24) is 14.9 Å². The molecule has 1 heterocycles. The summed E-state index contributed by atoms with van der Waals surface area (Å²) < 4.78 is 0. The molecule has 1 fully saturated rings. The molecule has 0 unspecified atom stereocenters. The molecule has 0 spiro atoms. The van der Waals surface area contributed by atoms with Crippen LogP contribution in [0.5, 0.6) is 0 Å². The smallest absolute Gasteiger partial charge is 0.274 e. The van der Waals surface area contributed by atoms with Crippen LogP contribution in [-0.4, -0.2) is 33.4 Å². The molecule has 17 heavy (non-hydrogen) atoms. The van der Waals surface area contributed by atoms with Crippen LogP contribution >= 0.6 is 0 Å². The maximum Gasteiger partial charge on any atom is 0.274 e. The third-order valence-corrected chi connectivity index (χ3v) is 2.71. The van der Waals surface area contributed by atoms with Crippen LogP contribution in [0.1, 0.15) is 36.7 Å². The van der Waals surface area contributed by atoms with E-state index in [-0.39, 0.29) is 5.91 Å². The molecule has 3 N–H and O–H groups in total. The van der Waals surface area contributed by atoms with Crippen molar-refractivity contribution in [1.29, 1.82) is 0 Å². The highest BCUT2D eigenvalue weighted by Gasteiger charge is 2.33. The second-order valence-electron chi connectivity index (χ2n) is 4.16. The first-order valence-corrected chi connectivity index (χ1v) is 5.86. The first kappa shape index (κ1) is 11.8. The molecule has 2 rings (SSSR count). The van der Waals surface area contributed by atoms with Crippen molar-refractivity contribution in [3.63, 3.8) is 0 Å². The highest BCUT2D eigenvalue weighted by molar-refractivity contribution is 5.92. The van der Waals surface area contributed by atoms with Gasteiger partial charge in [-0.15, -0.1) is 0 Å². The highest BCUT2D eigenvalue weighted by atomic mass is 16.2. The van der Waals surface area contributed by atoms with E-state index in [1.807, 2.05) is 4.90 Å². The number of hydrogen-bond acceptors (Lipinski definition) is 5. The summed E-state index contributed by atoms with van der Waals surface area (Å²) in [6.07, 6.45) is 6.10. The van der Waals surface area contributed by atoms with E-state index >= 15 is 0 Å². The molecule has 1 aliphatic carbocycles. The fourth-order valence-corrected chi connectivity index (χ4v) is 1.76. The molecule has 0 aromatic carbocycles. The van der Waals surface area contributed by atoms with Gasteiger partial charge in [0.25, 0.3) is 5.91 Å². The number of anilines is 1. The lowest BCUT2D eigenvalue weighted by Crippen LogP contribution is -2.34. The number of nitrogen functional groups attached to an aromatic ring is 1. The Morgan fingerprint density at radius 3 is 2.94 bits per heavy atom. The Morgan fingerprint density at radius 1 is 1.59 bits per heavy atom. The van der Waals surface area contributed by atoms with Crippen LogP contribution in [0.15, 0.2) is 12.4 Å². The fourth-order valence-electron chi connectivity index (χ4n) is 1.76. The minimum Gasteiger partial charge on any atom is -0.334 e. The van der Waals surface area contributed by atoms with Gasteiger partial charge in [0.1, 0.15) is 5.69 Å². The first-order chi connectivity index (χ1) is 8.26. The van der Waals surface area contributed by atoms with Crippen molar-refractivity contribution in [2.45, 2.75) is 32.2 Å². The van der Waals surface area contributed by atoms with Crippen LogP contribution in [0, 0.1) is 0 Å². The summed E-state index contributed by atoms with van der Waals surface area (Å²) in [6.45, 7) is 2.83. The number of hydrazine groups is 1. The Hall–Kier alpha value is -1.69. The number of aromatic nitrogens is 2. The molecular weight excluding hydrogens is 218 g/mol. The van der Waals surface area contributed by atoms with Crippen LogP contribution in [-0.2, 0) is 0 Å². The van der Waals surface area contributed by atoms with Crippen molar-refractivity contribution >= 4 is 11.7 Å². The summed E-state index contributed by atoms with van der Waals surface area (Å²) in [6, 6.07) is 0.388. The fraction of sp³-hybridized carbons (Fsp3) is 0.545. The summed E-state index contributed by atoms with van der Waals surface area (Å²) >= 11 is 0. The predicted molar refractivity (Wildman–Crippen MR) is 64.2 cm³/mol. The number of nitrogens with zero attached hydrogens (tertiary/aromatic N) is 3. The Morgan fingerprint density at radius 2 is 2.35 bits per heavy atom. The molecule has 0 bridgehead atoms. The van der Waals surface area contributed by atoms with Gasteiger partial charge in [0, 0.05) is 12.6 Å². The zero-order valence-corrected chi connectivity index (χ0v) is 9.89. The molecule has 92 valence electrons. The number of carbonyl (C=O) groups excluding carboxylic acids is 1. The SMILES string of the molecule is CCCN(C(=O)c1cncc(NN)n1)C1CC1. The molecule has 6 heteroatoms. The topological polar surface area (TPSA) is 84.1 Å². The Kier molecular flexibility index (Phi) is 3.53. The average molecular weight is 235 g/mol. The summed E-state index contributed by atoms with van der Waals surface area (Å²) in [4.78, 5) is 22.2. The third kappa shape index (κ3) is 2.71. The second-order valence-corrected chi connectivity index (χ2v) is 4.16. The number of nitrogens with two attached hydrogens (primary N) is 1. The maximum absolute atomic E-state index is 12.2. The van der Waals surface area contributed by atoms with Gasteiger partial charge in [-0.05, 0) is 19.3 Å². The molecule has 0 saturated heterocycles. The minimum atomic E-state index is -0.0565. The molecule has 1 aliphatic rings. The number of hydrogen-bond donors (Lipinski definition) is 2. The van der Waals surface area contributed by atoms with Crippen LogP contribution < -0.4 is 11.3 Å². The molecule has 1 amide bonds. The molecule has 0 atom stereocenters. The third-order valence-electron chi connectivity index (χ3n) is 2.71. The van der Waals surface area contributed by atoms with Gasteiger partial charge < -0.3 is 10.3 Å². The van der Waals surface area contributed by atoms with E-state index in [1.54, 1.807) is 0 Å². The number of carbonyl (C=O) groups is 1. The van der Waals surface area contributed by atoms with E-state index in [2.05, 4.69) is 22.3 Å². The zero-order valence-electron chi connectivity index (χ0n) is 9.89. The average Bonchev–Trinajstić information content (AvgIpc) is 3.19. The number of nitrogens with one attached hydrogen (secondary N) is 1. The summed E-state index contributed by atoms with van der Waals surface area (Å²) in [5.41, 5.74) is 2.74. The van der Waals surface area contributed by atoms with Crippen LogP contribution in [0.25, 0.3) is 0 Å². The van der Waals surface area contributed by atoms with Crippen LogP contribution in [0.2, 0.25) is 0 Å². The van der Waals surface area contributed by atoms with Gasteiger partial charge in [-0.2, -0.15) is 0 Å². The van der Waals surface area contributed by atoms with Crippen LogP contribution in [0.3, 0.4) is 0 Å². The largest absolute Gasteiger partial charge is 0.334 e. The molecular formula is C11H17N5O. The monoisotopic (exact) mass is 235 g/mol. The van der Waals surface area contributed by atoms with Gasteiger partial charge in [0.2, 0.25) is 0 Å². The van der Waals surface area contributed by atoms with E-state index in [4.69, 9.17) is 5.84 Å². The Balaban J connectivity index is 2.15. The molecule has 0 radical (unpaired) electrons. The van der Waals surface area contributed by atoms with Gasteiger partial charge in [-0.1, -0.05) is 6.92 Å². The highest BCUT2D eigenvalue weighted by Crippen LogP contribution is 2.28. The normalized spacial score (nSPS) is 14.5. The summed E-state index contributed by atoms with van der Waals surface area (Å²) in [5, 5.41) is 0. The van der Waals surface area contributed by atoms with E-state index in [1.165, 1.54) is 12.4 Å². The van der Waals surface area contributed by atoms with Crippen LogP contribution in [0.4, 0.5) is 5.82 Å². The van der Waals surface area contributed by atoms with Gasteiger partial charge in [-0.25, -0.2) is 10.8 Å². The lowest BCUT2D eigenvalue weighted by atomic mass is 10.3. The predicted octanol–water partition coefficient (Wildman–Crippen LogP) is 0.777. The molecule has 0 aliphatic heterocycles. The second kappa shape index (κ2) is 5.09. The Bertz CT molecular complexity index is 405. The van der Waals surface area contributed by atoms with E-state index in [0.29, 0.717) is 17.6 Å². The first-order valence-electron chi connectivity index (χ1n) is 5.86. The van der Waals surface area contributed by atoms with Gasteiger partial charge in [0.15, 0.2) is 5.82 Å². The number of rotatable bonds is 5. The molecule has 6 nitrogen and oxygen atoms in total. The maximum atomic E-state index is 12.2. The van der Waals surface area contributed by atoms with Gasteiger partial charge in [-0.3, -0.25) is 9.78 Å². The quantitative estimate of drug-likeness (QED) is 0.582. The van der Waals surface area contributed by atoms with Crippen molar-refractivity contribution in [3.8, 4) is 0 Å². The van der Waals surface area contributed by atoms with Gasteiger partial charge in [0.05, 0.1) is 12.4 Å². The van der Waals surface area contributed by atoms with E-state index in [9.17, 15) is 4.79 Å². The summed E-state index contributed by atoms with van der Waals surface area (Å²) in [7, 11) is 0. The minimum absolute atomic E-state index is 0.0565. The molecule has 1 aromatic rings. The standard InChI is InChI=1S/C11H17N5O/c1-2-5-16(8-3-4-8)11(17)9-6-13-7-10(14-9)15-12/h6-8H,2-5,12H2,1H3,(H,14,15). The van der Waals surface area contributed by atoms with Crippen molar-refractivity contribution in [3.05, 3.63) is 18.1 Å². The molecule has 1 saturated carbocycles. The lowest BCUT2D eigenvalue weighted by molar-refractivity contribution is 0.0737. The molecule has 1 aromatic heterocycles. The lowest BCUT2D eigenvalue weighted by Gasteiger charge is -2.21. The van der Waals surface area contributed by atoms with Crippen molar-refractivity contribution < 1.29 is 4.79 Å².